The summed E-state index contributed by atoms with van der Waals surface area (Å²) in [7, 11) is 0. The van der Waals surface area contributed by atoms with Crippen molar-refractivity contribution in [1.82, 2.24) is 10.2 Å². The molecule has 0 saturated carbocycles. The van der Waals surface area contributed by atoms with Gasteiger partial charge >= 0.3 is 0 Å². The summed E-state index contributed by atoms with van der Waals surface area (Å²) in [6, 6.07) is 1.89. The number of carbonyl (C=O) groups excluding carboxylic acids is 2. The Labute approximate surface area is 145 Å². The van der Waals surface area contributed by atoms with Crippen molar-refractivity contribution >= 4 is 23.0 Å². The van der Waals surface area contributed by atoms with Crippen molar-refractivity contribution in [3.63, 3.8) is 0 Å². The predicted molar refractivity (Wildman–Crippen MR) is 91.0 cm³/mol. The van der Waals surface area contributed by atoms with Crippen molar-refractivity contribution in [2.24, 2.45) is 0 Å². The van der Waals surface area contributed by atoms with Gasteiger partial charge in [0.05, 0.1) is 6.54 Å². The molecule has 1 aromatic heterocycles. The maximum Gasteiger partial charge on any atom is 0.251 e. The standard InChI is InChI=1S/C17H24F2N2O2S/c1-11-9-14(12(2)24-11)15(22)3-4-17(23)20-13-5-7-21(8-6-13)10-16(18)19/h9,13,16H,3-8,10H2,1-2H3,(H,20,23). The summed E-state index contributed by atoms with van der Waals surface area (Å²) >= 11 is 1.59. The van der Waals surface area contributed by atoms with E-state index < -0.39 is 6.43 Å². The lowest BCUT2D eigenvalue weighted by molar-refractivity contribution is -0.122. The van der Waals surface area contributed by atoms with E-state index in [-0.39, 0.29) is 37.1 Å². The van der Waals surface area contributed by atoms with Gasteiger partial charge in [-0.05, 0) is 32.8 Å². The summed E-state index contributed by atoms with van der Waals surface area (Å²) in [5.41, 5.74) is 0.714. The monoisotopic (exact) mass is 358 g/mol. The molecule has 1 aromatic rings. The molecule has 0 bridgehead atoms. The fourth-order valence-corrected chi connectivity index (χ4v) is 3.97. The summed E-state index contributed by atoms with van der Waals surface area (Å²) < 4.78 is 24.7. The first kappa shape index (κ1) is 19.0. The van der Waals surface area contributed by atoms with Crippen molar-refractivity contribution in [3.05, 3.63) is 21.4 Å². The van der Waals surface area contributed by atoms with E-state index in [0.29, 0.717) is 31.5 Å². The third-order valence-electron chi connectivity index (χ3n) is 4.27. The Morgan fingerprint density at radius 1 is 1.29 bits per heavy atom. The quantitative estimate of drug-likeness (QED) is 0.762. The van der Waals surface area contributed by atoms with E-state index in [2.05, 4.69) is 5.32 Å². The number of piperidine rings is 1. The Morgan fingerprint density at radius 3 is 2.50 bits per heavy atom. The third kappa shape index (κ3) is 5.63. The van der Waals surface area contributed by atoms with Crippen LogP contribution in [-0.4, -0.2) is 48.7 Å². The van der Waals surface area contributed by atoms with Crippen molar-refractivity contribution in [2.45, 2.75) is 52.0 Å². The van der Waals surface area contributed by atoms with Gasteiger partial charge in [0.2, 0.25) is 5.91 Å². The van der Waals surface area contributed by atoms with Crippen LogP contribution in [0, 0.1) is 13.8 Å². The summed E-state index contributed by atoms with van der Waals surface area (Å²) in [5, 5.41) is 2.92. The Bertz CT molecular complexity index is 581. The van der Waals surface area contributed by atoms with Crippen molar-refractivity contribution in [2.75, 3.05) is 19.6 Å². The summed E-state index contributed by atoms with van der Waals surface area (Å²) in [6.45, 7) is 4.82. The van der Waals surface area contributed by atoms with Crippen LogP contribution in [0.4, 0.5) is 8.78 Å². The molecule has 1 aliphatic rings. The second-order valence-electron chi connectivity index (χ2n) is 6.28. The largest absolute Gasteiger partial charge is 0.353 e. The van der Waals surface area contributed by atoms with Crippen LogP contribution in [0.25, 0.3) is 0 Å². The van der Waals surface area contributed by atoms with E-state index in [0.717, 1.165) is 9.75 Å². The number of rotatable bonds is 7. The molecule has 0 unspecified atom stereocenters. The van der Waals surface area contributed by atoms with Crippen molar-refractivity contribution in [3.8, 4) is 0 Å². The highest BCUT2D eigenvalue weighted by molar-refractivity contribution is 7.12. The first-order valence-electron chi connectivity index (χ1n) is 8.25. The molecule has 0 atom stereocenters. The molecule has 0 aromatic carbocycles. The molecular weight excluding hydrogens is 334 g/mol. The van der Waals surface area contributed by atoms with E-state index in [9.17, 15) is 18.4 Å². The number of nitrogens with zero attached hydrogens (tertiary/aromatic N) is 1. The predicted octanol–water partition coefficient (Wildman–Crippen LogP) is 3.17. The Balaban J connectivity index is 1.70. The number of hydrogen-bond acceptors (Lipinski definition) is 4. The highest BCUT2D eigenvalue weighted by Gasteiger charge is 2.23. The fraction of sp³-hybridized carbons (Fsp3) is 0.647. The molecule has 0 spiro atoms. The average molecular weight is 358 g/mol. The van der Waals surface area contributed by atoms with Gasteiger partial charge in [0.15, 0.2) is 5.78 Å². The number of nitrogens with one attached hydrogen (secondary N) is 1. The smallest absolute Gasteiger partial charge is 0.251 e. The molecule has 1 saturated heterocycles. The topological polar surface area (TPSA) is 49.4 Å². The first-order valence-corrected chi connectivity index (χ1v) is 9.07. The van der Waals surface area contributed by atoms with Crippen LogP contribution in [0.2, 0.25) is 0 Å². The lowest BCUT2D eigenvalue weighted by Crippen LogP contribution is -2.45. The van der Waals surface area contributed by atoms with Crippen LogP contribution < -0.4 is 5.32 Å². The maximum absolute atomic E-state index is 12.3. The zero-order chi connectivity index (χ0) is 17.7. The van der Waals surface area contributed by atoms with E-state index >= 15 is 0 Å². The normalized spacial score (nSPS) is 16.5. The molecule has 0 radical (unpaired) electrons. The molecule has 2 heterocycles. The molecule has 1 fully saturated rings. The van der Waals surface area contributed by atoms with E-state index in [1.165, 1.54) is 0 Å². The van der Waals surface area contributed by atoms with Gasteiger partial charge in [-0.15, -0.1) is 11.3 Å². The Hall–Kier alpha value is -1.34. The van der Waals surface area contributed by atoms with Crippen LogP contribution in [0.1, 0.15) is 45.8 Å². The third-order valence-corrected chi connectivity index (χ3v) is 5.24. The van der Waals surface area contributed by atoms with Gasteiger partial charge in [-0.1, -0.05) is 0 Å². The number of halogens is 2. The van der Waals surface area contributed by atoms with Crippen LogP contribution >= 0.6 is 11.3 Å². The van der Waals surface area contributed by atoms with Crippen molar-refractivity contribution < 1.29 is 18.4 Å². The molecule has 0 aliphatic carbocycles. The SMILES string of the molecule is Cc1cc(C(=O)CCC(=O)NC2CCN(CC(F)F)CC2)c(C)s1. The highest BCUT2D eigenvalue weighted by Crippen LogP contribution is 2.22. The van der Waals surface area contributed by atoms with Gasteiger partial charge in [0.1, 0.15) is 0 Å². The summed E-state index contributed by atoms with van der Waals surface area (Å²) in [5.74, 6) is -0.140. The number of alkyl halides is 2. The molecule has 7 heteroatoms. The molecule has 1 aliphatic heterocycles. The minimum absolute atomic E-state index is 0.00115. The van der Waals surface area contributed by atoms with Crippen LogP contribution in [0.15, 0.2) is 6.07 Å². The molecule has 4 nitrogen and oxygen atoms in total. The number of thiophene rings is 1. The molecule has 1 N–H and O–H groups in total. The van der Waals surface area contributed by atoms with Crippen LogP contribution in [-0.2, 0) is 4.79 Å². The number of aryl methyl sites for hydroxylation is 2. The summed E-state index contributed by atoms with van der Waals surface area (Å²) in [4.78, 5) is 28.0. The lowest BCUT2D eigenvalue weighted by atomic mass is 10.0. The number of carbonyl (C=O) groups is 2. The second-order valence-corrected chi connectivity index (χ2v) is 7.74. The first-order chi connectivity index (χ1) is 11.3. The average Bonchev–Trinajstić information content (AvgIpc) is 2.85. The number of amides is 1. The van der Waals surface area contributed by atoms with E-state index in [1.807, 2.05) is 19.9 Å². The fourth-order valence-electron chi connectivity index (χ4n) is 3.02. The molecule has 24 heavy (non-hydrogen) atoms. The van der Waals surface area contributed by atoms with Gasteiger partial charge in [0, 0.05) is 47.3 Å². The number of hydrogen-bond donors (Lipinski definition) is 1. The van der Waals surface area contributed by atoms with Gasteiger partial charge in [-0.2, -0.15) is 0 Å². The Kier molecular flexibility index (Phi) is 6.86. The zero-order valence-corrected chi connectivity index (χ0v) is 14.9. The van der Waals surface area contributed by atoms with Gasteiger partial charge < -0.3 is 5.32 Å². The number of Topliss-reactive ketones (excluding diaryl/α,β-unsaturated/α-hetero) is 1. The minimum atomic E-state index is -2.31. The van der Waals surface area contributed by atoms with Crippen molar-refractivity contribution in [1.29, 1.82) is 0 Å². The minimum Gasteiger partial charge on any atom is -0.353 e. The van der Waals surface area contributed by atoms with Gasteiger partial charge in [0.25, 0.3) is 6.43 Å². The molecule has 134 valence electrons. The highest BCUT2D eigenvalue weighted by atomic mass is 32.1. The molecular formula is C17H24F2N2O2S. The number of likely N-dealkylation sites (tertiary alicyclic amines) is 1. The van der Waals surface area contributed by atoms with Gasteiger partial charge in [-0.3, -0.25) is 14.5 Å². The Morgan fingerprint density at radius 2 is 1.96 bits per heavy atom. The summed E-state index contributed by atoms with van der Waals surface area (Å²) in [6.07, 6.45) is -0.589. The van der Waals surface area contributed by atoms with E-state index in [1.54, 1.807) is 16.2 Å². The number of ketones is 1. The zero-order valence-electron chi connectivity index (χ0n) is 14.1. The molecule has 2 rings (SSSR count). The van der Waals surface area contributed by atoms with Crippen LogP contribution in [0.3, 0.4) is 0 Å². The lowest BCUT2D eigenvalue weighted by Gasteiger charge is -2.32. The second kappa shape index (κ2) is 8.67. The van der Waals surface area contributed by atoms with Crippen LogP contribution in [0.5, 0.6) is 0 Å². The van der Waals surface area contributed by atoms with E-state index in [4.69, 9.17) is 0 Å². The van der Waals surface area contributed by atoms with Gasteiger partial charge in [-0.25, -0.2) is 8.78 Å². The molecule has 1 amide bonds. The maximum atomic E-state index is 12.3.